The van der Waals surface area contributed by atoms with Gasteiger partial charge in [0.2, 0.25) is 0 Å². The van der Waals surface area contributed by atoms with E-state index in [1.165, 1.54) is 18.2 Å². The quantitative estimate of drug-likeness (QED) is 0.636. The van der Waals surface area contributed by atoms with Crippen molar-refractivity contribution in [3.8, 4) is 0 Å². The van der Waals surface area contributed by atoms with Gasteiger partial charge in [-0.3, -0.25) is 14.9 Å². The van der Waals surface area contributed by atoms with Gasteiger partial charge in [-0.25, -0.2) is 0 Å². The number of benzene rings is 2. The number of halogens is 2. The normalized spacial score (nSPS) is 10.2. The molecule has 21 heavy (non-hydrogen) atoms. The Morgan fingerprint density at radius 1 is 1.29 bits per heavy atom. The molecule has 1 amide bonds. The van der Waals surface area contributed by atoms with Crippen LogP contribution in [-0.4, -0.2) is 10.8 Å². The number of nitro benzene ring substituents is 1. The largest absolute Gasteiger partial charge is 0.322 e. The van der Waals surface area contributed by atoms with Crippen LogP contribution in [0.5, 0.6) is 0 Å². The fourth-order valence-electron chi connectivity index (χ4n) is 1.77. The van der Waals surface area contributed by atoms with Crippen molar-refractivity contribution < 1.29 is 9.72 Å². The first-order valence-corrected chi connectivity index (χ1v) is 7.08. The van der Waals surface area contributed by atoms with Crippen molar-refractivity contribution in [3.63, 3.8) is 0 Å². The summed E-state index contributed by atoms with van der Waals surface area (Å²) >= 11 is 9.09. The number of amides is 1. The summed E-state index contributed by atoms with van der Waals surface area (Å²) in [5, 5.41) is 14.1. The highest BCUT2D eigenvalue weighted by atomic mass is 79.9. The van der Waals surface area contributed by atoms with Gasteiger partial charge in [-0.2, -0.15) is 0 Å². The van der Waals surface area contributed by atoms with E-state index in [9.17, 15) is 14.9 Å². The van der Waals surface area contributed by atoms with Crippen molar-refractivity contribution in [1.29, 1.82) is 0 Å². The molecule has 0 aliphatic heterocycles. The lowest BCUT2D eigenvalue weighted by molar-refractivity contribution is -0.385. The fraction of sp³-hybridized carbons (Fsp3) is 0.0714. The van der Waals surface area contributed by atoms with E-state index in [1.807, 2.05) is 0 Å². The van der Waals surface area contributed by atoms with Gasteiger partial charge in [0.05, 0.1) is 10.5 Å². The molecule has 2 aromatic carbocycles. The van der Waals surface area contributed by atoms with Crippen LogP contribution in [0.2, 0.25) is 5.02 Å². The van der Waals surface area contributed by atoms with Crippen LogP contribution >= 0.6 is 27.5 Å². The van der Waals surface area contributed by atoms with E-state index in [0.29, 0.717) is 10.7 Å². The average Bonchev–Trinajstić information content (AvgIpc) is 2.43. The summed E-state index contributed by atoms with van der Waals surface area (Å²) in [6, 6.07) is 9.44. The monoisotopic (exact) mass is 368 g/mol. The van der Waals surface area contributed by atoms with Gasteiger partial charge in [-0.1, -0.05) is 23.7 Å². The molecule has 2 rings (SSSR count). The molecule has 5 nitrogen and oxygen atoms in total. The molecule has 0 saturated heterocycles. The lowest BCUT2D eigenvalue weighted by Crippen LogP contribution is -2.14. The number of hydrogen-bond acceptors (Lipinski definition) is 3. The number of rotatable bonds is 3. The van der Waals surface area contributed by atoms with Crippen molar-refractivity contribution in [2.24, 2.45) is 0 Å². The van der Waals surface area contributed by atoms with Crippen LogP contribution in [0, 0.1) is 17.0 Å². The number of carbonyl (C=O) groups is 1. The molecule has 0 bridgehead atoms. The minimum Gasteiger partial charge on any atom is -0.322 e. The van der Waals surface area contributed by atoms with E-state index >= 15 is 0 Å². The molecule has 0 unspecified atom stereocenters. The molecular formula is C14H10BrClN2O3. The van der Waals surface area contributed by atoms with E-state index in [4.69, 9.17) is 11.6 Å². The zero-order valence-corrected chi connectivity index (χ0v) is 13.2. The highest BCUT2D eigenvalue weighted by molar-refractivity contribution is 9.10. The molecule has 0 aromatic heterocycles. The molecular weight excluding hydrogens is 360 g/mol. The SMILES string of the molecule is Cc1c(Cl)cccc1NC(=O)c1cccc([N+](=O)[O-])c1Br. The lowest BCUT2D eigenvalue weighted by atomic mass is 10.1. The van der Waals surface area contributed by atoms with Crippen LogP contribution in [0.3, 0.4) is 0 Å². The molecule has 2 aromatic rings. The predicted octanol–water partition coefficient (Wildman–Crippen LogP) is 4.57. The standard InChI is InChI=1S/C14H10BrClN2O3/c1-8-10(16)5-3-6-11(8)17-14(19)9-4-2-7-12(13(9)15)18(20)21/h2-7H,1H3,(H,17,19). The number of carbonyl (C=O) groups excluding carboxylic acids is 1. The fourth-order valence-corrected chi connectivity index (χ4v) is 2.53. The van der Waals surface area contributed by atoms with E-state index in [2.05, 4.69) is 21.2 Å². The van der Waals surface area contributed by atoms with Gasteiger partial charge >= 0.3 is 0 Å². The number of hydrogen-bond donors (Lipinski definition) is 1. The van der Waals surface area contributed by atoms with E-state index in [-0.39, 0.29) is 15.7 Å². The molecule has 0 atom stereocenters. The number of nitrogens with one attached hydrogen (secondary N) is 1. The summed E-state index contributed by atoms with van der Waals surface area (Å²) in [6.07, 6.45) is 0. The van der Waals surface area contributed by atoms with Crippen molar-refractivity contribution in [2.75, 3.05) is 5.32 Å². The molecule has 0 heterocycles. The number of anilines is 1. The third-order valence-corrected chi connectivity index (χ3v) is 4.18. The predicted molar refractivity (Wildman–Crippen MR) is 84.9 cm³/mol. The zero-order valence-electron chi connectivity index (χ0n) is 10.9. The van der Waals surface area contributed by atoms with Crippen LogP contribution in [0.15, 0.2) is 40.9 Å². The number of nitrogens with zero attached hydrogens (tertiary/aromatic N) is 1. The zero-order chi connectivity index (χ0) is 15.6. The summed E-state index contributed by atoms with van der Waals surface area (Å²) in [4.78, 5) is 22.6. The summed E-state index contributed by atoms with van der Waals surface area (Å²) in [5.41, 5.74) is 1.31. The highest BCUT2D eigenvalue weighted by Gasteiger charge is 2.20. The molecule has 0 aliphatic carbocycles. The second-order valence-corrected chi connectivity index (χ2v) is 5.46. The van der Waals surface area contributed by atoms with E-state index in [1.54, 1.807) is 25.1 Å². The van der Waals surface area contributed by atoms with Crippen molar-refractivity contribution in [3.05, 3.63) is 67.1 Å². The summed E-state index contributed by atoms with van der Waals surface area (Å²) in [6.45, 7) is 1.78. The smallest absolute Gasteiger partial charge is 0.284 e. The minimum atomic E-state index is -0.550. The maximum atomic E-state index is 12.3. The first-order chi connectivity index (χ1) is 9.91. The molecule has 0 fully saturated rings. The van der Waals surface area contributed by atoms with Gasteiger partial charge in [-0.05, 0) is 46.6 Å². The third kappa shape index (κ3) is 3.22. The highest BCUT2D eigenvalue weighted by Crippen LogP contribution is 2.29. The molecule has 0 radical (unpaired) electrons. The Bertz CT molecular complexity index is 734. The Morgan fingerprint density at radius 3 is 2.62 bits per heavy atom. The van der Waals surface area contributed by atoms with Crippen molar-refractivity contribution >= 4 is 44.8 Å². The summed E-state index contributed by atoms with van der Waals surface area (Å²) in [7, 11) is 0. The van der Waals surface area contributed by atoms with Gasteiger partial charge in [0.15, 0.2) is 0 Å². The van der Waals surface area contributed by atoms with Gasteiger partial charge in [-0.15, -0.1) is 0 Å². The van der Waals surface area contributed by atoms with Gasteiger partial charge in [0, 0.05) is 16.8 Å². The van der Waals surface area contributed by atoms with Gasteiger partial charge < -0.3 is 5.32 Å². The van der Waals surface area contributed by atoms with Crippen LogP contribution in [-0.2, 0) is 0 Å². The molecule has 0 saturated carbocycles. The second-order valence-electron chi connectivity index (χ2n) is 4.26. The summed E-state index contributed by atoms with van der Waals surface area (Å²) < 4.78 is 0.146. The Balaban J connectivity index is 2.35. The van der Waals surface area contributed by atoms with Crippen LogP contribution < -0.4 is 5.32 Å². The maximum absolute atomic E-state index is 12.3. The molecule has 0 spiro atoms. The third-order valence-electron chi connectivity index (χ3n) is 2.94. The van der Waals surface area contributed by atoms with E-state index < -0.39 is 10.8 Å². The molecule has 0 aliphatic rings. The van der Waals surface area contributed by atoms with Crippen molar-refractivity contribution in [1.82, 2.24) is 0 Å². The Labute approximate surface area is 134 Å². The topological polar surface area (TPSA) is 72.2 Å². The summed E-state index contributed by atoms with van der Waals surface area (Å²) in [5.74, 6) is -0.448. The first-order valence-electron chi connectivity index (χ1n) is 5.91. The first kappa shape index (κ1) is 15.5. The Morgan fingerprint density at radius 2 is 1.95 bits per heavy atom. The average molecular weight is 370 g/mol. The van der Waals surface area contributed by atoms with Crippen LogP contribution in [0.4, 0.5) is 11.4 Å². The van der Waals surface area contributed by atoms with E-state index in [0.717, 1.165) is 5.56 Å². The second kappa shape index (κ2) is 6.24. The maximum Gasteiger partial charge on any atom is 0.284 e. The van der Waals surface area contributed by atoms with Gasteiger partial charge in [0.1, 0.15) is 4.47 Å². The Kier molecular flexibility index (Phi) is 4.59. The molecule has 7 heteroatoms. The van der Waals surface area contributed by atoms with Gasteiger partial charge in [0.25, 0.3) is 11.6 Å². The number of nitro groups is 1. The van der Waals surface area contributed by atoms with Crippen molar-refractivity contribution in [2.45, 2.75) is 6.92 Å². The Hall–Kier alpha value is -1.92. The lowest BCUT2D eigenvalue weighted by Gasteiger charge is -2.10. The van der Waals surface area contributed by atoms with Crippen LogP contribution in [0.25, 0.3) is 0 Å². The minimum absolute atomic E-state index is 0.146. The molecule has 1 N–H and O–H groups in total. The molecule has 108 valence electrons. The van der Waals surface area contributed by atoms with Crippen LogP contribution in [0.1, 0.15) is 15.9 Å².